The molecule has 19 heavy (non-hydrogen) atoms. The molecule has 0 aromatic carbocycles. The van der Waals surface area contributed by atoms with E-state index in [9.17, 15) is 0 Å². The molecule has 1 saturated heterocycles. The van der Waals surface area contributed by atoms with E-state index in [-0.39, 0.29) is 24.2 Å². The number of aliphatic hydroxyl groups is 2. The third-order valence-corrected chi connectivity index (χ3v) is 3.57. The van der Waals surface area contributed by atoms with Crippen LogP contribution in [0.4, 0.5) is 0 Å². The Kier molecular flexibility index (Phi) is 6.69. The van der Waals surface area contributed by atoms with Gasteiger partial charge in [-0.05, 0) is 27.2 Å². The lowest BCUT2D eigenvalue weighted by molar-refractivity contribution is 0.0813. The van der Waals surface area contributed by atoms with Crippen molar-refractivity contribution in [2.24, 2.45) is 5.41 Å². The molecule has 1 fully saturated rings. The van der Waals surface area contributed by atoms with Gasteiger partial charge in [0.2, 0.25) is 0 Å². The summed E-state index contributed by atoms with van der Waals surface area (Å²) in [6.45, 7) is 11.3. The summed E-state index contributed by atoms with van der Waals surface area (Å²) < 4.78 is 5.59. The van der Waals surface area contributed by atoms with Crippen molar-refractivity contribution in [3.8, 4) is 0 Å². The molecule has 5 heteroatoms. The van der Waals surface area contributed by atoms with Crippen LogP contribution < -0.4 is 5.32 Å². The highest BCUT2D eigenvalue weighted by Gasteiger charge is 2.37. The molecule has 0 aromatic heterocycles. The molecule has 3 N–H and O–H groups in total. The van der Waals surface area contributed by atoms with Crippen LogP contribution in [0.1, 0.15) is 27.2 Å². The maximum absolute atomic E-state index is 9.11. The summed E-state index contributed by atoms with van der Waals surface area (Å²) in [4.78, 5) is 2.12. The predicted octanol–water partition coefficient (Wildman–Crippen LogP) is 0.0678. The number of hydrogen-bond donors (Lipinski definition) is 3. The largest absolute Gasteiger partial charge is 0.395 e. The maximum atomic E-state index is 9.11. The Balaban J connectivity index is 2.59. The molecule has 114 valence electrons. The molecular weight excluding hydrogens is 244 g/mol. The van der Waals surface area contributed by atoms with E-state index in [0.717, 1.165) is 32.7 Å². The minimum absolute atomic E-state index is 0.0916. The average molecular weight is 274 g/mol. The fourth-order valence-electron chi connectivity index (χ4n) is 2.45. The van der Waals surface area contributed by atoms with E-state index in [4.69, 9.17) is 14.9 Å². The van der Waals surface area contributed by atoms with Crippen LogP contribution in [0.25, 0.3) is 0 Å². The van der Waals surface area contributed by atoms with E-state index >= 15 is 0 Å². The van der Waals surface area contributed by atoms with Gasteiger partial charge in [0.25, 0.3) is 0 Å². The highest BCUT2D eigenvalue weighted by Crippen LogP contribution is 2.29. The van der Waals surface area contributed by atoms with Crippen molar-refractivity contribution in [2.75, 3.05) is 52.6 Å². The van der Waals surface area contributed by atoms with Gasteiger partial charge in [-0.15, -0.1) is 0 Å². The lowest BCUT2D eigenvalue weighted by atomic mass is 9.85. The Morgan fingerprint density at radius 2 is 1.84 bits per heavy atom. The molecule has 1 unspecified atom stereocenters. The fraction of sp³-hybridized carbons (Fsp3) is 1.00. The molecular formula is C14H30N2O3. The Labute approximate surface area is 116 Å². The summed E-state index contributed by atoms with van der Waals surface area (Å²) in [7, 11) is 0. The molecule has 0 saturated carbocycles. The van der Waals surface area contributed by atoms with E-state index in [1.165, 1.54) is 0 Å². The van der Waals surface area contributed by atoms with Crippen LogP contribution in [0.3, 0.4) is 0 Å². The number of hydrogen-bond acceptors (Lipinski definition) is 5. The maximum Gasteiger partial charge on any atom is 0.0558 e. The SMILES string of the molecule is CC(C)(C)NCC1(CN(CCO)CCO)CCOC1. The first-order valence-corrected chi connectivity index (χ1v) is 7.18. The van der Waals surface area contributed by atoms with Gasteiger partial charge in [-0.2, -0.15) is 0 Å². The van der Waals surface area contributed by atoms with Crippen LogP contribution in [0.5, 0.6) is 0 Å². The lowest BCUT2D eigenvalue weighted by Gasteiger charge is -2.36. The highest BCUT2D eigenvalue weighted by molar-refractivity contribution is 4.90. The second-order valence-electron chi connectivity index (χ2n) is 6.63. The second-order valence-corrected chi connectivity index (χ2v) is 6.63. The quantitative estimate of drug-likeness (QED) is 0.584. The number of aliphatic hydroxyl groups excluding tert-OH is 2. The number of ether oxygens (including phenoxy) is 1. The zero-order valence-electron chi connectivity index (χ0n) is 12.6. The van der Waals surface area contributed by atoms with Crippen molar-refractivity contribution in [3.63, 3.8) is 0 Å². The van der Waals surface area contributed by atoms with E-state index < -0.39 is 0 Å². The van der Waals surface area contributed by atoms with Gasteiger partial charge in [-0.25, -0.2) is 0 Å². The van der Waals surface area contributed by atoms with Gasteiger partial charge >= 0.3 is 0 Å². The van der Waals surface area contributed by atoms with Crippen LogP contribution in [0.2, 0.25) is 0 Å². The van der Waals surface area contributed by atoms with Crippen molar-refractivity contribution in [1.82, 2.24) is 10.2 Å². The van der Waals surface area contributed by atoms with Gasteiger partial charge in [0.1, 0.15) is 0 Å². The molecule has 0 amide bonds. The molecule has 0 radical (unpaired) electrons. The van der Waals surface area contributed by atoms with Gasteiger partial charge in [-0.1, -0.05) is 0 Å². The molecule has 0 aromatic rings. The number of nitrogens with one attached hydrogen (secondary N) is 1. The summed E-state index contributed by atoms with van der Waals surface area (Å²) in [6.07, 6.45) is 1.03. The third-order valence-electron chi connectivity index (χ3n) is 3.57. The zero-order valence-corrected chi connectivity index (χ0v) is 12.6. The summed E-state index contributed by atoms with van der Waals surface area (Å²) in [6, 6.07) is 0. The first-order valence-electron chi connectivity index (χ1n) is 7.18. The van der Waals surface area contributed by atoms with Crippen LogP contribution in [0.15, 0.2) is 0 Å². The van der Waals surface area contributed by atoms with Crippen molar-refractivity contribution in [2.45, 2.75) is 32.7 Å². The fourth-order valence-corrected chi connectivity index (χ4v) is 2.45. The Bertz CT molecular complexity index is 242. The molecule has 1 atom stereocenters. The predicted molar refractivity (Wildman–Crippen MR) is 76.2 cm³/mol. The van der Waals surface area contributed by atoms with E-state index in [2.05, 4.69) is 31.0 Å². The lowest BCUT2D eigenvalue weighted by Crippen LogP contribution is -2.50. The Morgan fingerprint density at radius 3 is 2.26 bits per heavy atom. The van der Waals surface area contributed by atoms with Crippen molar-refractivity contribution >= 4 is 0 Å². The molecule has 5 nitrogen and oxygen atoms in total. The average Bonchev–Trinajstić information content (AvgIpc) is 2.76. The molecule has 1 aliphatic heterocycles. The van der Waals surface area contributed by atoms with Gasteiger partial charge < -0.3 is 20.3 Å². The minimum Gasteiger partial charge on any atom is -0.395 e. The van der Waals surface area contributed by atoms with E-state index in [0.29, 0.717) is 13.1 Å². The summed E-state index contributed by atoms with van der Waals surface area (Å²) in [5, 5.41) is 21.8. The molecule has 0 spiro atoms. The van der Waals surface area contributed by atoms with Gasteiger partial charge in [0, 0.05) is 43.7 Å². The third kappa shape index (κ3) is 6.19. The van der Waals surface area contributed by atoms with Crippen LogP contribution in [-0.4, -0.2) is 73.3 Å². The van der Waals surface area contributed by atoms with Crippen LogP contribution in [-0.2, 0) is 4.74 Å². The minimum atomic E-state index is 0.0916. The zero-order chi connectivity index (χ0) is 14.4. The van der Waals surface area contributed by atoms with Crippen LogP contribution >= 0.6 is 0 Å². The summed E-state index contributed by atoms with van der Waals surface area (Å²) >= 11 is 0. The molecule has 1 rings (SSSR count). The van der Waals surface area contributed by atoms with E-state index in [1.807, 2.05) is 0 Å². The van der Waals surface area contributed by atoms with Crippen molar-refractivity contribution < 1.29 is 14.9 Å². The Hall–Kier alpha value is -0.200. The monoisotopic (exact) mass is 274 g/mol. The summed E-state index contributed by atoms with van der Waals surface area (Å²) in [5.74, 6) is 0. The number of nitrogens with zero attached hydrogens (tertiary/aromatic N) is 1. The first-order chi connectivity index (χ1) is 8.91. The van der Waals surface area contributed by atoms with Crippen LogP contribution in [0, 0.1) is 5.41 Å². The second kappa shape index (κ2) is 7.55. The molecule has 0 bridgehead atoms. The Morgan fingerprint density at radius 1 is 1.21 bits per heavy atom. The first kappa shape index (κ1) is 16.9. The molecule has 0 aliphatic carbocycles. The topological polar surface area (TPSA) is 65.0 Å². The summed E-state index contributed by atoms with van der Waals surface area (Å²) in [5.41, 5.74) is 0.187. The van der Waals surface area contributed by atoms with Gasteiger partial charge in [-0.3, -0.25) is 4.90 Å². The van der Waals surface area contributed by atoms with Crippen molar-refractivity contribution in [1.29, 1.82) is 0 Å². The standard InChI is InChI=1S/C14H30N2O3/c1-13(2,3)15-10-14(4-9-19-12-14)11-16(5-7-17)6-8-18/h15,17-18H,4-12H2,1-3H3. The van der Waals surface area contributed by atoms with E-state index in [1.54, 1.807) is 0 Å². The van der Waals surface area contributed by atoms with Gasteiger partial charge in [0.05, 0.1) is 19.8 Å². The molecule has 1 heterocycles. The smallest absolute Gasteiger partial charge is 0.0558 e. The van der Waals surface area contributed by atoms with Gasteiger partial charge in [0.15, 0.2) is 0 Å². The molecule has 1 aliphatic rings. The number of rotatable bonds is 8. The normalized spacial score (nSPS) is 24.3. The van der Waals surface area contributed by atoms with Crippen molar-refractivity contribution in [3.05, 3.63) is 0 Å². The highest BCUT2D eigenvalue weighted by atomic mass is 16.5.